The molecule has 0 N–H and O–H groups in total. The summed E-state index contributed by atoms with van der Waals surface area (Å²) in [7, 11) is 0. The molecular formula is C16H28S2. The Labute approximate surface area is 122 Å². The predicted molar refractivity (Wildman–Crippen MR) is 91.9 cm³/mol. The van der Waals surface area contributed by atoms with Crippen LogP contribution in [0, 0.1) is 0 Å². The van der Waals surface area contributed by atoms with Crippen molar-refractivity contribution in [2.75, 3.05) is 23.5 Å². The zero-order valence-corrected chi connectivity index (χ0v) is 13.5. The van der Waals surface area contributed by atoms with E-state index in [2.05, 4.69) is 26.0 Å². The Morgan fingerprint density at radius 1 is 1.00 bits per heavy atom. The second-order valence-corrected chi connectivity index (χ2v) is 6.66. The molecule has 0 heterocycles. The highest BCUT2D eigenvalue weighted by molar-refractivity contribution is 7.99. The highest BCUT2D eigenvalue weighted by Crippen LogP contribution is 2.16. The van der Waals surface area contributed by atoms with Crippen molar-refractivity contribution in [3.8, 4) is 0 Å². The van der Waals surface area contributed by atoms with E-state index < -0.39 is 0 Å². The van der Waals surface area contributed by atoms with Gasteiger partial charge in [-0.05, 0) is 49.0 Å². The third-order valence-electron chi connectivity index (χ3n) is 2.80. The third-order valence-corrected chi connectivity index (χ3v) is 4.57. The Morgan fingerprint density at radius 3 is 2.39 bits per heavy atom. The van der Waals surface area contributed by atoms with E-state index in [0.717, 1.165) is 23.5 Å². The molecule has 0 aliphatic carbocycles. The Morgan fingerprint density at radius 2 is 1.72 bits per heavy atom. The highest BCUT2D eigenvalue weighted by atomic mass is 32.2. The smallest absolute Gasteiger partial charge is 0.0178 e. The van der Waals surface area contributed by atoms with E-state index in [1.807, 2.05) is 29.6 Å². The van der Waals surface area contributed by atoms with Crippen LogP contribution in [0.1, 0.15) is 38.5 Å². The first-order valence-corrected chi connectivity index (χ1v) is 9.29. The molecule has 0 aliphatic rings. The lowest BCUT2D eigenvalue weighted by molar-refractivity contribution is 0.662. The average molecular weight is 285 g/mol. The molecule has 0 spiro atoms. The Balaban J connectivity index is 3.27. The molecule has 0 aliphatic heterocycles. The lowest BCUT2D eigenvalue weighted by Crippen LogP contribution is -1.89. The van der Waals surface area contributed by atoms with Gasteiger partial charge in [0.15, 0.2) is 0 Å². The maximum Gasteiger partial charge on any atom is 0.0178 e. The molecule has 0 rings (SSSR count). The van der Waals surface area contributed by atoms with Gasteiger partial charge in [0.1, 0.15) is 0 Å². The van der Waals surface area contributed by atoms with Crippen molar-refractivity contribution >= 4 is 23.5 Å². The summed E-state index contributed by atoms with van der Waals surface area (Å²) in [6.07, 6.45) is 11.8. The summed E-state index contributed by atoms with van der Waals surface area (Å²) in [5, 5.41) is 0. The Bertz CT molecular complexity index is 243. The summed E-state index contributed by atoms with van der Waals surface area (Å²) in [6, 6.07) is 0. The SMILES string of the molecule is C=CC(=C)CSCCC(=C)CCCCCCSC. The summed E-state index contributed by atoms with van der Waals surface area (Å²) < 4.78 is 0. The number of unbranched alkanes of at least 4 members (excludes halogenated alkanes) is 3. The number of hydrogen-bond donors (Lipinski definition) is 0. The van der Waals surface area contributed by atoms with Gasteiger partial charge < -0.3 is 0 Å². The zero-order chi connectivity index (χ0) is 13.6. The first-order chi connectivity index (χ1) is 8.70. The van der Waals surface area contributed by atoms with Crippen LogP contribution in [0.2, 0.25) is 0 Å². The summed E-state index contributed by atoms with van der Waals surface area (Å²) in [4.78, 5) is 0. The van der Waals surface area contributed by atoms with Gasteiger partial charge in [-0.3, -0.25) is 0 Å². The van der Waals surface area contributed by atoms with Gasteiger partial charge in [-0.1, -0.05) is 44.2 Å². The topological polar surface area (TPSA) is 0 Å². The van der Waals surface area contributed by atoms with Crippen LogP contribution in [0.25, 0.3) is 0 Å². The van der Waals surface area contributed by atoms with E-state index in [1.165, 1.54) is 43.4 Å². The first kappa shape index (κ1) is 17.9. The minimum Gasteiger partial charge on any atom is -0.165 e. The fraction of sp³-hybridized carbons (Fsp3) is 0.625. The maximum atomic E-state index is 4.17. The van der Waals surface area contributed by atoms with Crippen molar-refractivity contribution in [2.45, 2.75) is 38.5 Å². The molecule has 0 atom stereocenters. The molecule has 104 valence electrons. The van der Waals surface area contributed by atoms with Crippen molar-refractivity contribution in [2.24, 2.45) is 0 Å². The number of thioether (sulfide) groups is 2. The molecule has 0 aromatic carbocycles. The summed E-state index contributed by atoms with van der Waals surface area (Å²) in [6.45, 7) is 11.8. The van der Waals surface area contributed by atoms with E-state index in [9.17, 15) is 0 Å². The molecule has 0 bridgehead atoms. The largest absolute Gasteiger partial charge is 0.165 e. The fourth-order valence-corrected chi connectivity index (χ4v) is 3.03. The molecule has 2 heteroatoms. The van der Waals surface area contributed by atoms with Crippen molar-refractivity contribution in [1.82, 2.24) is 0 Å². The van der Waals surface area contributed by atoms with Gasteiger partial charge in [0, 0.05) is 5.75 Å². The summed E-state index contributed by atoms with van der Waals surface area (Å²) in [5.74, 6) is 3.48. The number of allylic oxidation sites excluding steroid dienone is 2. The van der Waals surface area contributed by atoms with Gasteiger partial charge in [0.05, 0.1) is 0 Å². The summed E-state index contributed by atoms with van der Waals surface area (Å²) >= 11 is 3.88. The minimum absolute atomic E-state index is 1.01. The van der Waals surface area contributed by atoms with E-state index in [4.69, 9.17) is 0 Å². The third kappa shape index (κ3) is 12.4. The summed E-state index contributed by atoms with van der Waals surface area (Å²) in [5.41, 5.74) is 2.54. The molecule has 0 unspecified atom stereocenters. The van der Waals surface area contributed by atoms with Gasteiger partial charge in [-0.2, -0.15) is 23.5 Å². The van der Waals surface area contributed by atoms with Crippen LogP contribution in [0.15, 0.2) is 37.0 Å². The van der Waals surface area contributed by atoms with Gasteiger partial charge in [-0.25, -0.2) is 0 Å². The second-order valence-electron chi connectivity index (χ2n) is 4.57. The quantitative estimate of drug-likeness (QED) is 0.241. The molecule has 0 nitrogen and oxygen atoms in total. The van der Waals surface area contributed by atoms with Crippen LogP contribution in [-0.4, -0.2) is 23.5 Å². The van der Waals surface area contributed by atoms with Crippen molar-refractivity contribution in [3.05, 3.63) is 37.0 Å². The van der Waals surface area contributed by atoms with Gasteiger partial charge >= 0.3 is 0 Å². The first-order valence-electron chi connectivity index (χ1n) is 6.74. The lowest BCUT2D eigenvalue weighted by Gasteiger charge is -2.06. The van der Waals surface area contributed by atoms with Gasteiger partial charge in [0.25, 0.3) is 0 Å². The zero-order valence-electron chi connectivity index (χ0n) is 11.9. The van der Waals surface area contributed by atoms with Crippen molar-refractivity contribution in [1.29, 1.82) is 0 Å². The van der Waals surface area contributed by atoms with Crippen molar-refractivity contribution < 1.29 is 0 Å². The van der Waals surface area contributed by atoms with E-state index >= 15 is 0 Å². The number of hydrogen-bond acceptors (Lipinski definition) is 2. The Kier molecular flexibility index (Phi) is 13.3. The molecule has 0 aromatic heterocycles. The average Bonchev–Trinajstić information content (AvgIpc) is 2.38. The van der Waals surface area contributed by atoms with E-state index in [1.54, 1.807) is 0 Å². The molecule has 0 radical (unpaired) electrons. The lowest BCUT2D eigenvalue weighted by atomic mass is 10.1. The maximum absolute atomic E-state index is 4.17. The predicted octanol–water partition coefficient (Wildman–Crippen LogP) is 5.72. The highest BCUT2D eigenvalue weighted by Gasteiger charge is 1.97. The number of rotatable bonds is 13. The van der Waals surface area contributed by atoms with E-state index in [0.29, 0.717) is 0 Å². The monoisotopic (exact) mass is 284 g/mol. The van der Waals surface area contributed by atoms with E-state index in [-0.39, 0.29) is 0 Å². The molecule has 0 amide bonds. The van der Waals surface area contributed by atoms with Crippen LogP contribution in [0.4, 0.5) is 0 Å². The fourth-order valence-electron chi connectivity index (χ4n) is 1.58. The molecular weight excluding hydrogens is 256 g/mol. The van der Waals surface area contributed by atoms with Crippen LogP contribution in [-0.2, 0) is 0 Å². The van der Waals surface area contributed by atoms with Gasteiger partial charge in [0.2, 0.25) is 0 Å². The normalized spacial score (nSPS) is 10.3. The van der Waals surface area contributed by atoms with Crippen LogP contribution >= 0.6 is 23.5 Å². The molecule has 0 aromatic rings. The molecule has 0 fully saturated rings. The van der Waals surface area contributed by atoms with Crippen LogP contribution in [0.3, 0.4) is 0 Å². The Hall–Kier alpha value is -0.0800. The molecule has 0 saturated heterocycles. The molecule has 0 saturated carbocycles. The van der Waals surface area contributed by atoms with Crippen LogP contribution in [0.5, 0.6) is 0 Å². The second kappa shape index (κ2) is 13.4. The van der Waals surface area contributed by atoms with Crippen LogP contribution < -0.4 is 0 Å². The van der Waals surface area contributed by atoms with Crippen molar-refractivity contribution in [3.63, 3.8) is 0 Å². The molecule has 18 heavy (non-hydrogen) atoms. The van der Waals surface area contributed by atoms with Gasteiger partial charge in [-0.15, -0.1) is 0 Å². The standard InChI is InChI=1S/C16H28S2/c1-5-15(2)14-18-13-11-16(3)10-8-6-7-9-12-17-4/h5H,1-3,6-14H2,4H3. The minimum atomic E-state index is 1.01.